The molecule has 0 spiro atoms. The van der Waals surface area contributed by atoms with Crippen molar-refractivity contribution in [3.8, 4) is 0 Å². The second-order valence-corrected chi connectivity index (χ2v) is 7.63. The molecule has 1 fully saturated rings. The van der Waals surface area contributed by atoms with Gasteiger partial charge in [0.15, 0.2) is 0 Å². The van der Waals surface area contributed by atoms with Gasteiger partial charge in [0.05, 0.1) is 6.10 Å². The average Bonchev–Trinajstić information content (AvgIpc) is 2.37. The predicted octanol–water partition coefficient (Wildman–Crippen LogP) is 5.13. The van der Waals surface area contributed by atoms with Gasteiger partial charge in [0, 0.05) is 0 Å². The van der Waals surface area contributed by atoms with Gasteiger partial charge in [-0.15, -0.1) is 0 Å². The Morgan fingerprint density at radius 1 is 1.15 bits per heavy atom. The predicted molar refractivity (Wildman–Crippen MR) is 85.7 cm³/mol. The van der Waals surface area contributed by atoms with E-state index in [1.165, 1.54) is 24.8 Å². The third kappa shape index (κ3) is 3.63. The molecule has 1 aromatic rings. The quantitative estimate of drug-likeness (QED) is 0.806. The first-order valence-electron chi connectivity index (χ1n) is 8.17. The summed E-state index contributed by atoms with van der Waals surface area (Å²) < 4.78 is 0. The third-order valence-corrected chi connectivity index (χ3v) is 4.94. The van der Waals surface area contributed by atoms with Gasteiger partial charge in [0.2, 0.25) is 0 Å². The SMILES string of the molecule is CC(C)Cc1ccc(C(O)C2CCCCC2(C)C)cc1. The van der Waals surface area contributed by atoms with E-state index in [2.05, 4.69) is 52.0 Å². The lowest BCUT2D eigenvalue weighted by atomic mass is 9.65. The van der Waals surface area contributed by atoms with Crippen LogP contribution in [-0.4, -0.2) is 5.11 Å². The fourth-order valence-electron chi connectivity index (χ4n) is 3.66. The summed E-state index contributed by atoms with van der Waals surface area (Å²) in [6.45, 7) is 9.11. The van der Waals surface area contributed by atoms with E-state index in [9.17, 15) is 5.11 Å². The van der Waals surface area contributed by atoms with Crippen molar-refractivity contribution in [3.63, 3.8) is 0 Å². The average molecular weight is 274 g/mol. The number of aliphatic hydroxyl groups excluding tert-OH is 1. The van der Waals surface area contributed by atoms with Crippen LogP contribution in [0.5, 0.6) is 0 Å². The minimum Gasteiger partial charge on any atom is -0.388 e. The molecule has 2 unspecified atom stereocenters. The van der Waals surface area contributed by atoms with E-state index in [0.29, 0.717) is 11.8 Å². The Bertz CT molecular complexity index is 416. The van der Waals surface area contributed by atoms with Crippen LogP contribution in [0.2, 0.25) is 0 Å². The standard InChI is InChI=1S/C19H30O/c1-14(2)13-15-8-10-16(11-9-15)18(20)17-7-5-6-12-19(17,3)4/h8-11,14,17-18,20H,5-7,12-13H2,1-4H3. The molecule has 0 aliphatic heterocycles. The summed E-state index contributed by atoms with van der Waals surface area (Å²) in [5.41, 5.74) is 2.73. The lowest BCUT2D eigenvalue weighted by Gasteiger charge is -2.41. The third-order valence-electron chi connectivity index (χ3n) is 4.94. The Hall–Kier alpha value is -0.820. The van der Waals surface area contributed by atoms with Gasteiger partial charge in [-0.25, -0.2) is 0 Å². The molecule has 0 aromatic heterocycles. The first-order chi connectivity index (χ1) is 9.40. The highest BCUT2D eigenvalue weighted by atomic mass is 16.3. The fourth-order valence-corrected chi connectivity index (χ4v) is 3.66. The van der Waals surface area contributed by atoms with Crippen LogP contribution in [0.15, 0.2) is 24.3 Å². The van der Waals surface area contributed by atoms with Crippen molar-refractivity contribution in [2.24, 2.45) is 17.3 Å². The molecule has 0 heterocycles. The van der Waals surface area contributed by atoms with Gasteiger partial charge in [-0.1, -0.05) is 64.8 Å². The van der Waals surface area contributed by atoms with Crippen LogP contribution >= 0.6 is 0 Å². The van der Waals surface area contributed by atoms with Crippen LogP contribution in [0, 0.1) is 17.3 Å². The number of hydrogen-bond donors (Lipinski definition) is 1. The lowest BCUT2D eigenvalue weighted by molar-refractivity contribution is 0.00385. The maximum atomic E-state index is 10.8. The fraction of sp³-hybridized carbons (Fsp3) is 0.684. The number of benzene rings is 1. The van der Waals surface area contributed by atoms with Gasteiger partial charge >= 0.3 is 0 Å². The van der Waals surface area contributed by atoms with Gasteiger partial charge in [-0.2, -0.15) is 0 Å². The normalized spacial score (nSPS) is 23.8. The summed E-state index contributed by atoms with van der Waals surface area (Å²) in [7, 11) is 0. The van der Waals surface area contributed by atoms with Crippen molar-refractivity contribution in [1.29, 1.82) is 0 Å². The van der Waals surface area contributed by atoms with E-state index in [-0.39, 0.29) is 11.5 Å². The molecular weight excluding hydrogens is 244 g/mol. The van der Waals surface area contributed by atoms with Gasteiger partial charge in [0.25, 0.3) is 0 Å². The molecule has 112 valence electrons. The largest absolute Gasteiger partial charge is 0.388 e. The highest BCUT2D eigenvalue weighted by molar-refractivity contribution is 5.25. The molecule has 0 saturated heterocycles. The molecule has 1 aliphatic carbocycles. The second kappa shape index (κ2) is 6.30. The zero-order chi connectivity index (χ0) is 14.8. The summed E-state index contributed by atoms with van der Waals surface area (Å²) in [5, 5.41) is 10.8. The van der Waals surface area contributed by atoms with Crippen molar-refractivity contribution in [3.05, 3.63) is 35.4 Å². The summed E-state index contributed by atoms with van der Waals surface area (Å²) in [5.74, 6) is 1.08. The summed E-state index contributed by atoms with van der Waals surface area (Å²) in [6, 6.07) is 8.64. The first-order valence-corrected chi connectivity index (χ1v) is 8.17. The van der Waals surface area contributed by atoms with E-state index in [0.717, 1.165) is 18.4 Å². The molecule has 2 atom stereocenters. The van der Waals surface area contributed by atoms with Crippen LogP contribution in [-0.2, 0) is 6.42 Å². The van der Waals surface area contributed by atoms with Gasteiger partial charge in [0.1, 0.15) is 0 Å². The molecule has 20 heavy (non-hydrogen) atoms. The number of rotatable bonds is 4. The minimum atomic E-state index is -0.307. The van der Waals surface area contributed by atoms with Crippen LogP contribution in [0.4, 0.5) is 0 Å². The van der Waals surface area contributed by atoms with Crippen molar-refractivity contribution in [2.45, 2.75) is 65.9 Å². The van der Waals surface area contributed by atoms with Crippen LogP contribution in [0.25, 0.3) is 0 Å². The Morgan fingerprint density at radius 2 is 1.80 bits per heavy atom. The Labute approximate surface area is 124 Å². The molecule has 0 bridgehead atoms. The molecule has 0 amide bonds. The summed E-state index contributed by atoms with van der Waals surface area (Å²) in [4.78, 5) is 0. The molecule has 1 heteroatoms. The molecule has 1 nitrogen and oxygen atoms in total. The summed E-state index contributed by atoms with van der Waals surface area (Å²) in [6.07, 6.45) is 5.77. The zero-order valence-corrected chi connectivity index (χ0v) is 13.5. The van der Waals surface area contributed by atoms with E-state index in [4.69, 9.17) is 0 Å². The van der Waals surface area contributed by atoms with Crippen LogP contribution in [0.3, 0.4) is 0 Å². The maximum Gasteiger partial charge on any atom is 0.0823 e. The monoisotopic (exact) mass is 274 g/mol. The summed E-state index contributed by atoms with van der Waals surface area (Å²) >= 11 is 0. The van der Waals surface area contributed by atoms with Gasteiger partial charge in [-0.05, 0) is 47.6 Å². The number of aliphatic hydroxyl groups is 1. The topological polar surface area (TPSA) is 20.2 Å². The highest BCUT2D eigenvalue weighted by Crippen LogP contribution is 2.46. The zero-order valence-electron chi connectivity index (χ0n) is 13.5. The van der Waals surface area contributed by atoms with Crippen molar-refractivity contribution in [1.82, 2.24) is 0 Å². The van der Waals surface area contributed by atoms with E-state index in [1.807, 2.05) is 0 Å². The van der Waals surface area contributed by atoms with Crippen LogP contribution < -0.4 is 0 Å². The first kappa shape index (κ1) is 15.6. The Kier molecular flexibility index (Phi) is 4.90. The molecule has 2 rings (SSSR count). The van der Waals surface area contributed by atoms with Crippen molar-refractivity contribution in [2.75, 3.05) is 0 Å². The van der Waals surface area contributed by atoms with Gasteiger partial charge < -0.3 is 5.11 Å². The Morgan fingerprint density at radius 3 is 2.35 bits per heavy atom. The highest BCUT2D eigenvalue weighted by Gasteiger charge is 2.37. The smallest absolute Gasteiger partial charge is 0.0823 e. The second-order valence-electron chi connectivity index (χ2n) is 7.63. The molecule has 1 aliphatic rings. The van der Waals surface area contributed by atoms with E-state index < -0.39 is 0 Å². The van der Waals surface area contributed by atoms with E-state index >= 15 is 0 Å². The molecule has 1 N–H and O–H groups in total. The van der Waals surface area contributed by atoms with Crippen LogP contribution in [0.1, 0.15) is 70.6 Å². The molecular formula is C19H30O. The van der Waals surface area contributed by atoms with Gasteiger partial charge in [-0.3, -0.25) is 0 Å². The minimum absolute atomic E-state index is 0.258. The Balaban J connectivity index is 2.10. The van der Waals surface area contributed by atoms with Crippen molar-refractivity contribution < 1.29 is 5.11 Å². The number of hydrogen-bond acceptors (Lipinski definition) is 1. The molecule has 0 radical (unpaired) electrons. The molecule has 1 aromatic carbocycles. The molecule has 1 saturated carbocycles. The van der Waals surface area contributed by atoms with E-state index in [1.54, 1.807) is 0 Å². The maximum absolute atomic E-state index is 10.8. The van der Waals surface area contributed by atoms with Crippen molar-refractivity contribution >= 4 is 0 Å². The lowest BCUT2D eigenvalue weighted by Crippen LogP contribution is -2.32.